The minimum Gasteiger partial charge on any atom is -0.453 e. The van der Waals surface area contributed by atoms with Gasteiger partial charge in [-0.05, 0) is 36.1 Å². The van der Waals surface area contributed by atoms with E-state index in [-0.39, 0.29) is 0 Å². The summed E-state index contributed by atoms with van der Waals surface area (Å²) in [5, 5.41) is 3.50. The molecule has 0 bridgehead atoms. The van der Waals surface area contributed by atoms with Crippen LogP contribution in [0, 0.1) is 0 Å². The molecule has 2 aromatic rings. The van der Waals surface area contributed by atoms with Gasteiger partial charge in [-0.25, -0.2) is 0 Å². The van der Waals surface area contributed by atoms with Gasteiger partial charge in [0.1, 0.15) is 0 Å². The molecule has 0 aromatic heterocycles. The Morgan fingerprint density at radius 2 is 1.83 bits per heavy atom. The van der Waals surface area contributed by atoms with Crippen LogP contribution in [-0.2, 0) is 0 Å². The maximum absolute atomic E-state index is 5.95. The van der Waals surface area contributed by atoms with Crippen molar-refractivity contribution in [3.63, 3.8) is 0 Å². The van der Waals surface area contributed by atoms with Gasteiger partial charge in [-0.15, -0.1) is 0 Å². The van der Waals surface area contributed by atoms with E-state index in [4.69, 9.17) is 4.74 Å². The molecule has 1 heterocycles. The second kappa shape index (κ2) is 4.37. The van der Waals surface area contributed by atoms with Crippen LogP contribution in [0.25, 0.3) is 0 Å². The molecule has 0 aliphatic carbocycles. The zero-order valence-electron chi connectivity index (χ0n) is 10.7. The van der Waals surface area contributed by atoms with Gasteiger partial charge in [-0.3, -0.25) is 0 Å². The van der Waals surface area contributed by atoms with Crippen molar-refractivity contribution < 1.29 is 4.74 Å². The predicted octanol–water partition coefficient (Wildman–Crippen LogP) is 5.05. The summed E-state index contributed by atoms with van der Waals surface area (Å²) < 4.78 is 5.95. The highest BCUT2D eigenvalue weighted by Gasteiger charge is 2.20. The first-order chi connectivity index (χ1) is 8.79. The van der Waals surface area contributed by atoms with Gasteiger partial charge in [-0.1, -0.05) is 38.1 Å². The number of nitrogens with one attached hydrogen (secondary N) is 1. The molecular weight excluding hydrogens is 222 g/mol. The van der Waals surface area contributed by atoms with E-state index in [1.54, 1.807) is 0 Å². The van der Waals surface area contributed by atoms with Crippen LogP contribution in [0.1, 0.15) is 31.7 Å². The van der Waals surface area contributed by atoms with E-state index in [1.807, 2.05) is 30.3 Å². The lowest BCUT2D eigenvalue weighted by Gasteiger charge is -2.25. The molecule has 0 saturated carbocycles. The van der Waals surface area contributed by atoms with E-state index in [0.29, 0.717) is 5.92 Å². The quantitative estimate of drug-likeness (QED) is 0.675. The minimum atomic E-state index is 0.529. The molecule has 1 N–H and O–H groups in total. The molecule has 0 fully saturated rings. The molecule has 92 valence electrons. The number of rotatable bonds is 2. The van der Waals surface area contributed by atoms with Crippen molar-refractivity contribution in [3.8, 4) is 11.5 Å². The van der Waals surface area contributed by atoms with Crippen LogP contribution in [0.2, 0.25) is 0 Å². The summed E-state index contributed by atoms with van der Waals surface area (Å²) in [7, 11) is 0. The average Bonchev–Trinajstić information content (AvgIpc) is 2.43. The highest BCUT2D eigenvalue weighted by Crippen LogP contribution is 2.45. The van der Waals surface area contributed by atoms with Gasteiger partial charge in [0, 0.05) is 0 Å². The Balaban J connectivity index is 2.07. The van der Waals surface area contributed by atoms with E-state index in [1.165, 1.54) is 5.56 Å². The monoisotopic (exact) mass is 239 g/mol. The zero-order chi connectivity index (χ0) is 12.5. The average molecular weight is 239 g/mol. The Labute approximate surface area is 108 Å². The summed E-state index contributed by atoms with van der Waals surface area (Å²) in [5.74, 6) is 2.35. The lowest BCUT2D eigenvalue weighted by molar-refractivity contribution is 0.479. The molecule has 2 aromatic carbocycles. The lowest BCUT2D eigenvalue weighted by atomic mass is 9.95. The molecule has 1 aliphatic rings. The second-order valence-electron chi connectivity index (χ2n) is 4.75. The fourth-order valence-corrected chi connectivity index (χ4v) is 2.31. The summed E-state index contributed by atoms with van der Waals surface area (Å²) in [6, 6.07) is 14.3. The third kappa shape index (κ3) is 1.74. The predicted molar refractivity (Wildman–Crippen MR) is 74.9 cm³/mol. The molecule has 0 radical (unpaired) electrons. The third-order valence-corrected chi connectivity index (χ3v) is 3.57. The number of ether oxygens (including phenoxy) is 1. The summed E-state index contributed by atoms with van der Waals surface area (Å²) in [4.78, 5) is 0. The Bertz CT molecular complexity index is 577. The van der Waals surface area contributed by atoms with Crippen LogP contribution < -0.4 is 10.1 Å². The first-order valence-corrected chi connectivity index (χ1v) is 6.46. The zero-order valence-corrected chi connectivity index (χ0v) is 10.7. The number of hydrogen-bond acceptors (Lipinski definition) is 2. The van der Waals surface area contributed by atoms with Gasteiger partial charge in [-0.2, -0.15) is 0 Å². The second-order valence-corrected chi connectivity index (χ2v) is 4.75. The van der Waals surface area contributed by atoms with Gasteiger partial charge in [0.05, 0.1) is 11.4 Å². The van der Waals surface area contributed by atoms with Crippen molar-refractivity contribution in [1.29, 1.82) is 0 Å². The Hall–Kier alpha value is -1.96. The molecule has 2 heteroatoms. The normalized spacial score (nSPS) is 13.9. The van der Waals surface area contributed by atoms with Crippen molar-refractivity contribution in [1.82, 2.24) is 0 Å². The van der Waals surface area contributed by atoms with Gasteiger partial charge in [0.25, 0.3) is 0 Å². The summed E-state index contributed by atoms with van der Waals surface area (Å²) in [6.45, 7) is 4.46. The fraction of sp³-hybridized carbons (Fsp3) is 0.250. The van der Waals surface area contributed by atoms with Crippen LogP contribution in [0.15, 0.2) is 42.5 Å². The maximum atomic E-state index is 5.95. The highest BCUT2D eigenvalue weighted by molar-refractivity contribution is 5.78. The number of fused-ring (bicyclic) bond motifs is 2. The van der Waals surface area contributed by atoms with E-state index < -0.39 is 0 Å². The van der Waals surface area contributed by atoms with Crippen LogP contribution in [0.4, 0.5) is 11.4 Å². The smallest absolute Gasteiger partial charge is 0.151 e. The maximum Gasteiger partial charge on any atom is 0.151 e. The molecule has 1 atom stereocenters. The van der Waals surface area contributed by atoms with Crippen molar-refractivity contribution in [2.75, 3.05) is 5.32 Å². The first-order valence-electron chi connectivity index (χ1n) is 6.46. The number of para-hydroxylation sites is 3. The van der Waals surface area contributed by atoms with Crippen molar-refractivity contribution in [2.45, 2.75) is 26.2 Å². The van der Waals surface area contributed by atoms with Gasteiger partial charge in [0.15, 0.2) is 11.5 Å². The van der Waals surface area contributed by atoms with E-state index in [2.05, 4.69) is 31.3 Å². The third-order valence-electron chi connectivity index (χ3n) is 3.57. The molecule has 0 saturated heterocycles. The van der Waals surface area contributed by atoms with E-state index in [0.717, 1.165) is 29.3 Å². The van der Waals surface area contributed by atoms with Gasteiger partial charge < -0.3 is 10.1 Å². The Morgan fingerprint density at radius 1 is 1.06 bits per heavy atom. The highest BCUT2D eigenvalue weighted by atomic mass is 16.5. The van der Waals surface area contributed by atoms with Crippen molar-refractivity contribution in [3.05, 3.63) is 48.0 Å². The Morgan fingerprint density at radius 3 is 2.67 bits per heavy atom. The SMILES string of the molecule is CCC(C)c1cccc2c1Nc1ccccc1O2. The summed E-state index contributed by atoms with van der Waals surface area (Å²) in [5.41, 5.74) is 3.48. The minimum absolute atomic E-state index is 0.529. The van der Waals surface area contributed by atoms with Crippen LogP contribution >= 0.6 is 0 Å². The molecule has 1 unspecified atom stereocenters. The molecule has 1 aliphatic heterocycles. The standard InChI is InChI=1S/C16H17NO/c1-3-11(2)12-7-6-10-15-16(12)17-13-8-4-5-9-14(13)18-15/h4-11,17H,3H2,1-2H3. The topological polar surface area (TPSA) is 21.3 Å². The summed E-state index contributed by atoms with van der Waals surface area (Å²) >= 11 is 0. The van der Waals surface area contributed by atoms with E-state index >= 15 is 0 Å². The molecule has 0 spiro atoms. The largest absolute Gasteiger partial charge is 0.453 e. The number of hydrogen-bond donors (Lipinski definition) is 1. The molecule has 2 nitrogen and oxygen atoms in total. The van der Waals surface area contributed by atoms with Crippen LogP contribution in [0.3, 0.4) is 0 Å². The van der Waals surface area contributed by atoms with Crippen molar-refractivity contribution in [2.24, 2.45) is 0 Å². The van der Waals surface area contributed by atoms with Crippen LogP contribution in [0.5, 0.6) is 11.5 Å². The number of anilines is 2. The van der Waals surface area contributed by atoms with Gasteiger partial charge in [0.2, 0.25) is 0 Å². The molecule has 0 amide bonds. The summed E-state index contributed by atoms with van der Waals surface area (Å²) in [6.07, 6.45) is 1.12. The Kier molecular flexibility index (Phi) is 2.71. The van der Waals surface area contributed by atoms with Gasteiger partial charge >= 0.3 is 0 Å². The van der Waals surface area contributed by atoms with Crippen LogP contribution in [-0.4, -0.2) is 0 Å². The first kappa shape index (κ1) is 11.1. The fourth-order valence-electron chi connectivity index (χ4n) is 2.31. The van der Waals surface area contributed by atoms with Crippen molar-refractivity contribution >= 4 is 11.4 Å². The molecule has 18 heavy (non-hydrogen) atoms. The molecular formula is C16H17NO. The van der Waals surface area contributed by atoms with E-state index in [9.17, 15) is 0 Å². The lowest BCUT2D eigenvalue weighted by Crippen LogP contribution is -2.06. The number of benzene rings is 2. The molecule has 3 rings (SSSR count).